The van der Waals surface area contributed by atoms with Crippen molar-refractivity contribution < 1.29 is 9.53 Å². The molecule has 110 valence electrons. The number of carbonyl (C=O) groups is 1. The van der Waals surface area contributed by atoms with E-state index in [4.69, 9.17) is 17.0 Å². The second-order valence-electron chi connectivity index (χ2n) is 4.17. The average molecular weight is 315 g/mol. The summed E-state index contributed by atoms with van der Waals surface area (Å²) in [6.45, 7) is 4.81. The van der Waals surface area contributed by atoms with E-state index >= 15 is 0 Å². The van der Waals surface area contributed by atoms with Gasteiger partial charge in [-0.15, -0.1) is 0 Å². The van der Waals surface area contributed by atoms with Gasteiger partial charge in [-0.05, 0) is 19.1 Å². The van der Waals surface area contributed by atoms with Gasteiger partial charge in [-0.25, -0.2) is 4.98 Å². The van der Waals surface area contributed by atoms with Crippen molar-refractivity contribution in [2.24, 2.45) is 0 Å². The van der Waals surface area contributed by atoms with Gasteiger partial charge in [-0.3, -0.25) is 15.6 Å². The van der Waals surface area contributed by atoms with Crippen molar-refractivity contribution in [1.82, 2.24) is 21.2 Å². The Morgan fingerprint density at radius 3 is 2.75 bits per heavy atom. The summed E-state index contributed by atoms with van der Waals surface area (Å²) >= 11 is 6.27. The first kappa shape index (κ1) is 14.9. The fourth-order valence-electron chi connectivity index (χ4n) is 1.72. The smallest absolute Gasteiger partial charge is 0.281 e. The number of thiazole rings is 1. The van der Waals surface area contributed by atoms with Gasteiger partial charge in [0.15, 0.2) is 10.2 Å². The number of aryl methyl sites for hydroxylation is 1. The maximum Gasteiger partial charge on any atom is 0.281 e. The van der Waals surface area contributed by atoms with Crippen molar-refractivity contribution in [1.29, 1.82) is 0 Å². The number of nitrogens with zero attached hydrogens (tertiary/aromatic N) is 2. The van der Waals surface area contributed by atoms with Crippen LogP contribution in [-0.2, 0) is 4.74 Å². The zero-order valence-electron chi connectivity index (χ0n) is 11.4. The molecule has 1 aliphatic heterocycles. The highest BCUT2D eigenvalue weighted by molar-refractivity contribution is 7.80. The first-order valence-corrected chi connectivity index (χ1v) is 7.42. The summed E-state index contributed by atoms with van der Waals surface area (Å²) in [5.41, 5.74) is 5.87. The Labute approximate surface area is 126 Å². The van der Waals surface area contributed by atoms with Gasteiger partial charge in [0.25, 0.3) is 5.91 Å². The fourth-order valence-corrected chi connectivity index (χ4v) is 2.78. The molecule has 0 radical (unpaired) electrons. The third-order valence-corrected chi connectivity index (χ3v) is 4.31. The van der Waals surface area contributed by atoms with Crippen molar-refractivity contribution in [3.8, 4) is 0 Å². The molecule has 1 aromatic heterocycles. The Balaban J connectivity index is 2.02. The average Bonchev–Trinajstić information content (AvgIpc) is 2.87. The van der Waals surface area contributed by atoms with Crippen LogP contribution in [-0.4, -0.2) is 49.4 Å². The summed E-state index contributed by atoms with van der Waals surface area (Å²) in [5.74, 6) is -0.239. The number of aromatic nitrogens is 1. The number of ether oxygens (including phenoxy) is 1. The second kappa shape index (κ2) is 6.82. The Morgan fingerprint density at radius 1 is 1.40 bits per heavy atom. The SMILES string of the molecule is CNC(=S)NNC(=O)c1sc(N2CCOCC2)nc1C. The highest BCUT2D eigenvalue weighted by Gasteiger charge is 2.20. The van der Waals surface area contributed by atoms with E-state index in [0.29, 0.717) is 28.9 Å². The first-order chi connectivity index (χ1) is 9.61. The third-order valence-electron chi connectivity index (χ3n) is 2.79. The molecule has 0 bridgehead atoms. The van der Waals surface area contributed by atoms with Crippen molar-refractivity contribution in [3.63, 3.8) is 0 Å². The minimum absolute atomic E-state index is 0.239. The lowest BCUT2D eigenvalue weighted by atomic mass is 10.4. The van der Waals surface area contributed by atoms with E-state index in [1.807, 2.05) is 6.92 Å². The monoisotopic (exact) mass is 315 g/mol. The van der Waals surface area contributed by atoms with Crippen LogP contribution in [0.2, 0.25) is 0 Å². The van der Waals surface area contributed by atoms with Crippen LogP contribution in [0.25, 0.3) is 0 Å². The maximum atomic E-state index is 12.0. The van der Waals surface area contributed by atoms with Crippen molar-refractivity contribution in [2.75, 3.05) is 38.3 Å². The van der Waals surface area contributed by atoms with Crippen molar-refractivity contribution in [3.05, 3.63) is 10.6 Å². The van der Waals surface area contributed by atoms with Crippen molar-refractivity contribution >= 4 is 39.7 Å². The van der Waals surface area contributed by atoms with Crippen LogP contribution in [0.3, 0.4) is 0 Å². The molecule has 1 amide bonds. The summed E-state index contributed by atoms with van der Waals surface area (Å²) in [4.78, 5) is 19.2. The van der Waals surface area contributed by atoms with Crippen LogP contribution in [0, 0.1) is 6.92 Å². The summed E-state index contributed by atoms with van der Waals surface area (Å²) in [5, 5.41) is 3.92. The summed E-state index contributed by atoms with van der Waals surface area (Å²) < 4.78 is 5.31. The molecule has 0 aromatic carbocycles. The predicted molar refractivity (Wildman–Crippen MR) is 82.1 cm³/mol. The molecule has 7 nitrogen and oxygen atoms in total. The first-order valence-electron chi connectivity index (χ1n) is 6.20. The molecule has 3 N–H and O–H groups in total. The molecule has 9 heteroatoms. The molecule has 1 saturated heterocycles. The molecule has 0 atom stereocenters. The number of rotatable bonds is 2. The zero-order valence-corrected chi connectivity index (χ0v) is 13.0. The fraction of sp³-hybridized carbons (Fsp3) is 0.545. The van der Waals surface area contributed by atoms with Crippen molar-refractivity contribution in [2.45, 2.75) is 6.92 Å². The Morgan fingerprint density at radius 2 is 2.10 bits per heavy atom. The Kier molecular flexibility index (Phi) is 5.10. The predicted octanol–water partition coefficient (Wildman–Crippen LogP) is 0.0268. The molecule has 2 heterocycles. The highest BCUT2D eigenvalue weighted by Crippen LogP contribution is 2.26. The largest absolute Gasteiger partial charge is 0.378 e. The van der Waals surface area contributed by atoms with Gasteiger partial charge in [-0.1, -0.05) is 11.3 Å². The van der Waals surface area contributed by atoms with Gasteiger partial charge < -0.3 is 15.0 Å². The molecule has 20 heavy (non-hydrogen) atoms. The van der Waals surface area contributed by atoms with E-state index < -0.39 is 0 Å². The van der Waals surface area contributed by atoms with E-state index in [-0.39, 0.29) is 5.91 Å². The molecular weight excluding hydrogens is 298 g/mol. The van der Waals surface area contributed by atoms with Gasteiger partial charge in [0.1, 0.15) is 4.88 Å². The standard InChI is InChI=1S/C11H17N5O2S2/c1-7-8(9(17)14-15-10(19)12-2)20-11(13-7)16-3-5-18-6-4-16/h3-6H2,1-2H3,(H,14,17)(H2,12,15,19). The van der Waals surface area contributed by atoms with Crippen LogP contribution in [0.1, 0.15) is 15.4 Å². The zero-order chi connectivity index (χ0) is 14.5. The van der Waals surface area contributed by atoms with E-state index in [0.717, 1.165) is 18.2 Å². The van der Waals surface area contributed by atoms with Gasteiger partial charge in [0, 0.05) is 20.1 Å². The van der Waals surface area contributed by atoms with Gasteiger partial charge in [0.2, 0.25) is 0 Å². The third kappa shape index (κ3) is 3.56. The quantitative estimate of drug-likeness (QED) is 0.525. The lowest BCUT2D eigenvalue weighted by molar-refractivity contribution is 0.0947. The summed E-state index contributed by atoms with van der Waals surface area (Å²) in [6, 6.07) is 0. The number of morpholine rings is 1. The molecule has 0 aliphatic carbocycles. The highest BCUT2D eigenvalue weighted by atomic mass is 32.1. The van der Waals surface area contributed by atoms with Crippen LogP contribution in [0.5, 0.6) is 0 Å². The normalized spacial score (nSPS) is 14.8. The van der Waals surface area contributed by atoms with Crippen LogP contribution in [0.15, 0.2) is 0 Å². The molecule has 1 aromatic rings. The minimum atomic E-state index is -0.239. The number of hydrazine groups is 1. The van der Waals surface area contributed by atoms with Crippen LogP contribution < -0.4 is 21.1 Å². The van der Waals surface area contributed by atoms with E-state index in [2.05, 4.69) is 26.1 Å². The number of hydrogen-bond donors (Lipinski definition) is 3. The number of anilines is 1. The van der Waals surface area contributed by atoms with Gasteiger partial charge >= 0.3 is 0 Å². The Bertz CT molecular complexity index is 499. The Hall–Kier alpha value is -1.45. The number of nitrogens with one attached hydrogen (secondary N) is 3. The molecule has 1 aliphatic rings. The second-order valence-corrected chi connectivity index (χ2v) is 5.55. The molecule has 2 rings (SSSR count). The molecule has 1 fully saturated rings. The van der Waals surface area contributed by atoms with E-state index in [1.54, 1.807) is 7.05 Å². The number of amides is 1. The van der Waals surface area contributed by atoms with Crippen LogP contribution in [0.4, 0.5) is 5.13 Å². The van der Waals surface area contributed by atoms with Gasteiger partial charge in [0.05, 0.1) is 18.9 Å². The lowest BCUT2D eigenvalue weighted by Gasteiger charge is -2.25. The summed E-state index contributed by atoms with van der Waals surface area (Å²) in [7, 11) is 1.68. The molecule has 0 spiro atoms. The molecule has 0 saturated carbocycles. The van der Waals surface area contributed by atoms with E-state index in [9.17, 15) is 4.79 Å². The molecule has 0 unspecified atom stereocenters. The number of thiocarbonyl (C=S) groups is 1. The van der Waals surface area contributed by atoms with Crippen LogP contribution >= 0.6 is 23.6 Å². The summed E-state index contributed by atoms with van der Waals surface area (Å²) in [6.07, 6.45) is 0. The molecular formula is C11H17N5O2S2. The minimum Gasteiger partial charge on any atom is -0.378 e. The number of carbonyl (C=O) groups excluding carboxylic acids is 1. The van der Waals surface area contributed by atoms with Gasteiger partial charge in [-0.2, -0.15) is 0 Å². The van der Waals surface area contributed by atoms with E-state index in [1.165, 1.54) is 11.3 Å². The lowest BCUT2D eigenvalue weighted by Crippen LogP contribution is -2.45. The maximum absolute atomic E-state index is 12.0. The topological polar surface area (TPSA) is 78.5 Å². The number of hydrogen-bond acceptors (Lipinski definition) is 6.